The van der Waals surface area contributed by atoms with Crippen molar-refractivity contribution in [1.29, 1.82) is 5.39 Å². The van der Waals surface area contributed by atoms with Gasteiger partial charge in [0.15, 0.2) is 16.7 Å². The number of diazo groups is 1. The van der Waals surface area contributed by atoms with Crippen LogP contribution in [0.3, 0.4) is 0 Å². The fourth-order valence-electron chi connectivity index (χ4n) is 2.43. The van der Waals surface area contributed by atoms with Crippen LogP contribution < -0.4 is 0 Å². The van der Waals surface area contributed by atoms with Crippen molar-refractivity contribution in [2.75, 3.05) is 0 Å². The first-order valence-corrected chi connectivity index (χ1v) is 6.85. The van der Waals surface area contributed by atoms with E-state index in [1.54, 1.807) is 30.3 Å². The molecule has 0 radical (unpaired) electrons. The number of nitro groups is 1. The van der Waals surface area contributed by atoms with Gasteiger partial charge in [-0.3, -0.25) is 0 Å². The summed E-state index contributed by atoms with van der Waals surface area (Å²) >= 11 is 0. The number of hydrogen-bond donors (Lipinski definition) is 0. The Hall–Kier alpha value is -3.59. The quantitative estimate of drug-likeness (QED) is 0.395. The van der Waals surface area contributed by atoms with Crippen LogP contribution in [-0.4, -0.2) is 9.91 Å². The molecule has 3 aromatic rings. The predicted octanol–water partition coefficient (Wildman–Crippen LogP) is 4.81. The van der Waals surface area contributed by atoms with Gasteiger partial charge >= 0.3 is 11.5 Å². The summed E-state index contributed by atoms with van der Waals surface area (Å²) in [4.78, 5) is 18.0. The van der Waals surface area contributed by atoms with Gasteiger partial charge in [0.05, 0.1) is 0 Å². The third kappa shape index (κ3) is 2.63. The third-order valence-electron chi connectivity index (χ3n) is 3.45. The van der Waals surface area contributed by atoms with Gasteiger partial charge in [0.2, 0.25) is 5.39 Å². The van der Waals surface area contributed by atoms with E-state index in [-0.39, 0.29) is 17.1 Å². The van der Waals surface area contributed by atoms with Gasteiger partial charge in [0.1, 0.15) is 5.56 Å². The molecular formula is C17H11N4O2+. The van der Waals surface area contributed by atoms with Gasteiger partial charge in [-0.05, 0) is 21.0 Å². The van der Waals surface area contributed by atoms with E-state index in [0.29, 0.717) is 11.1 Å². The van der Waals surface area contributed by atoms with Crippen LogP contribution >= 0.6 is 0 Å². The first kappa shape index (κ1) is 14.4. The standard InChI is InChI=1S/C17H11N4O2/c18-20-16-14(12-7-3-1-4-8-12)11-19-17(21(22)23)15(16)13-9-5-2-6-10-13/h1-11H/q+1. The summed E-state index contributed by atoms with van der Waals surface area (Å²) in [6.45, 7) is 0. The van der Waals surface area contributed by atoms with Crippen LogP contribution in [-0.2, 0) is 0 Å². The van der Waals surface area contributed by atoms with E-state index in [1.165, 1.54) is 6.20 Å². The summed E-state index contributed by atoms with van der Waals surface area (Å²) in [5.41, 5.74) is 2.18. The van der Waals surface area contributed by atoms with Crippen molar-refractivity contribution < 1.29 is 4.92 Å². The van der Waals surface area contributed by atoms with Crippen molar-refractivity contribution in [3.8, 4) is 22.3 Å². The Bertz CT molecular complexity index is 903. The van der Waals surface area contributed by atoms with E-state index in [1.807, 2.05) is 30.3 Å². The Morgan fingerprint density at radius 1 is 0.957 bits per heavy atom. The lowest BCUT2D eigenvalue weighted by atomic mass is 9.98. The van der Waals surface area contributed by atoms with Crippen LogP contribution in [0.2, 0.25) is 0 Å². The van der Waals surface area contributed by atoms with Crippen molar-refractivity contribution in [3.63, 3.8) is 0 Å². The summed E-state index contributed by atoms with van der Waals surface area (Å²) in [6.07, 6.45) is 1.36. The van der Waals surface area contributed by atoms with Crippen molar-refractivity contribution >= 4 is 11.5 Å². The normalized spacial score (nSPS) is 10.0. The Morgan fingerprint density at radius 2 is 1.52 bits per heavy atom. The van der Waals surface area contributed by atoms with Crippen molar-refractivity contribution in [1.82, 2.24) is 4.98 Å². The van der Waals surface area contributed by atoms with Crippen LogP contribution in [0.5, 0.6) is 0 Å². The minimum Gasteiger partial charge on any atom is -0.358 e. The van der Waals surface area contributed by atoms with Crippen LogP contribution in [0.25, 0.3) is 27.2 Å². The zero-order valence-corrected chi connectivity index (χ0v) is 12.0. The molecule has 2 aromatic carbocycles. The maximum atomic E-state index is 11.3. The molecule has 0 bridgehead atoms. The molecule has 0 spiro atoms. The Balaban J connectivity index is 2.35. The van der Waals surface area contributed by atoms with Crippen LogP contribution in [0.1, 0.15) is 0 Å². The minimum atomic E-state index is -0.578. The van der Waals surface area contributed by atoms with E-state index < -0.39 is 4.92 Å². The summed E-state index contributed by atoms with van der Waals surface area (Å²) in [6, 6.07) is 17.9. The molecule has 0 aliphatic heterocycles. The van der Waals surface area contributed by atoms with Gasteiger partial charge in [0.25, 0.3) is 0 Å². The zero-order valence-electron chi connectivity index (χ0n) is 12.0. The third-order valence-corrected chi connectivity index (χ3v) is 3.45. The first-order chi connectivity index (χ1) is 11.2. The smallest absolute Gasteiger partial charge is 0.358 e. The van der Waals surface area contributed by atoms with Gasteiger partial charge in [0, 0.05) is 0 Å². The molecule has 0 saturated heterocycles. The highest BCUT2D eigenvalue weighted by Crippen LogP contribution is 2.43. The number of aromatic nitrogens is 1. The topological polar surface area (TPSA) is 84.2 Å². The molecule has 6 heteroatoms. The largest absolute Gasteiger partial charge is 0.412 e. The number of benzene rings is 2. The maximum Gasteiger partial charge on any atom is 0.412 e. The lowest BCUT2D eigenvalue weighted by Crippen LogP contribution is -1.97. The second kappa shape index (κ2) is 6.03. The summed E-state index contributed by atoms with van der Waals surface area (Å²) in [5.74, 6) is -0.344. The number of rotatable bonds is 3. The lowest BCUT2D eigenvalue weighted by molar-refractivity contribution is -0.388. The number of nitrogens with zero attached hydrogens (tertiary/aromatic N) is 4. The van der Waals surface area contributed by atoms with Crippen molar-refractivity contribution in [2.24, 2.45) is 0 Å². The molecule has 23 heavy (non-hydrogen) atoms. The fourth-order valence-corrected chi connectivity index (χ4v) is 2.43. The fraction of sp³-hybridized carbons (Fsp3) is 0. The highest BCUT2D eigenvalue weighted by Gasteiger charge is 2.33. The second-order valence-corrected chi connectivity index (χ2v) is 4.81. The molecule has 1 aromatic heterocycles. The molecule has 0 aliphatic carbocycles. The van der Waals surface area contributed by atoms with Gasteiger partial charge in [-0.1, -0.05) is 60.7 Å². The zero-order chi connectivity index (χ0) is 16.2. The molecular weight excluding hydrogens is 292 g/mol. The van der Waals surface area contributed by atoms with Gasteiger partial charge in [-0.2, -0.15) is 0 Å². The highest BCUT2D eigenvalue weighted by molar-refractivity contribution is 5.94. The van der Waals surface area contributed by atoms with Crippen molar-refractivity contribution in [2.45, 2.75) is 0 Å². The molecule has 0 saturated carbocycles. The lowest BCUT2D eigenvalue weighted by Gasteiger charge is -2.03. The van der Waals surface area contributed by atoms with Gasteiger partial charge < -0.3 is 10.1 Å². The van der Waals surface area contributed by atoms with Gasteiger partial charge in [-0.15, -0.1) is 0 Å². The molecule has 110 valence electrons. The Morgan fingerprint density at radius 3 is 2.04 bits per heavy atom. The first-order valence-electron chi connectivity index (χ1n) is 6.85. The molecule has 0 unspecified atom stereocenters. The molecule has 3 rings (SSSR count). The molecule has 1 heterocycles. The average molecular weight is 303 g/mol. The Kier molecular flexibility index (Phi) is 3.77. The van der Waals surface area contributed by atoms with E-state index in [2.05, 4.69) is 9.96 Å². The molecule has 6 nitrogen and oxygen atoms in total. The summed E-state index contributed by atoms with van der Waals surface area (Å²) in [5, 5.41) is 20.8. The highest BCUT2D eigenvalue weighted by atomic mass is 16.6. The molecule has 0 fully saturated rings. The second-order valence-electron chi connectivity index (χ2n) is 4.81. The molecule has 0 aliphatic rings. The SMILES string of the molecule is N#[N+]c1c(-c2ccccc2)cnc([N+](=O)[O-])c1-c1ccccc1. The van der Waals surface area contributed by atoms with Crippen molar-refractivity contribution in [3.05, 3.63) is 82.0 Å². The van der Waals surface area contributed by atoms with Crippen LogP contribution in [0.15, 0.2) is 66.9 Å². The molecule has 0 amide bonds. The monoisotopic (exact) mass is 303 g/mol. The van der Waals surface area contributed by atoms with E-state index >= 15 is 0 Å². The van der Waals surface area contributed by atoms with E-state index in [9.17, 15) is 15.5 Å². The van der Waals surface area contributed by atoms with E-state index in [0.717, 1.165) is 5.56 Å². The molecule has 0 N–H and O–H groups in total. The maximum absolute atomic E-state index is 11.3. The average Bonchev–Trinajstić information content (AvgIpc) is 2.61. The van der Waals surface area contributed by atoms with Crippen LogP contribution in [0.4, 0.5) is 11.5 Å². The summed E-state index contributed by atoms with van der Waals surface area (Å²) in [7, 11) is 0. The Labute approximate surface area is 131 Å². The van der Waals surface area contributed by atoms with Crippen LogP contribution in [0, 0.1) is 15.5 Å². The number of hydrogen-bond acceptors (Lipinski definition) is 4. The summed E-state index contributed by atoms with van der Waals surface area (Å²) < 4.78 is 0. The predicted molar refractivity (Wildman–Crippen MR) is 86.5 cm³/mol. The minimum absolute atomic E-state index is 0.129. The van der Waals surface area contributed by atoms with Gasteiger partial charge in [-0.25, -0.2) is 0 Å². The van der Waals surface area contributed by atoms with E-state index in [4.69, 9.17) is 0 Å². The number of pyridine rings is 1. The molecule has 0 atom stereocenters.